The molecule has 1 aliphatic heterocycles. The van der Waals surface area contributed by atoms with Crippen molar-refractivity contribution in [2.45, 2.75) is 57.7 Å². The zero-order chi connectivity index (χ0) is 18.2. The number of carbonyl (C=O) groups is 3. The quantitative estimate of drug-likeness (QED) is 0.329. The Morgan fingerprint density at radius 3 is 2.62 bits per heavy atom. The number of hydrogen-bond donors (Lipinski definition) is 1. The van der Waals surface area contributed by atoms with Gasteiger partial charge in [0.1, 0.15) is 12.7 Å². The molecule has 0 aliphatic carbocycles. The van der Waals surface area contributed by atoms with Crippen LogP contribution in [-0.4, -0.2) is 47.9 Å². The fraction of sp³-hybridized carbons (Fsp3) is 0.706. The smallest absolute Gasteiger partial charge is 0.351 e. The summed E-state index contributed by atoms with van der Waals surface area (Å²) in [5.41, 5.74) is -1.51. The Bertz CT molecular complexity index is 470. The molecule has 0 saturated carbocycles. The molecule has 136 valence electrons. The summed E-state index contributed by atoms with van der Waals surface area (Å²) >= 11 is 0. The van der Waals surface area contributed by atoms with Crippen LogP contribution in [-0.2, 0) is 28.6 Å². The van der Waals surface area contributed by atoms with Crippen molar-refractivity contribution in [2.24, 2.45) is 5.92 Å². The molecule has 1 heterocycles. The van der Waals surface area contributed by atoms with E-state index in [4.69, 9.17) is 19.3 Å². The maximum Gasteiger partial charge on any atom is 0.351 e. The molecule has 0 aromatic rings. The van der Waals surface area contributed by atoms with Gasteiger partial charge in [0.25, 0.3) is 0 Å². The highest BCUT2D eigenvalue weighted by atomic mass is 16.6. The third-order valence-corrected chi connectivity index (χ3v) is 4.09. The first-order chi connectivity index (χ1) is 11.4. The van der Waals surface area contributed by atoms with E-state index in [1.807, 2.05) is 6.92 Å². The highest BCUT2D eigenvalue weighted by molar-refractivity contribution is 5.88. The molecule has 0 aromatic carbocycles. The molecule has 7 nitrogen and oxygen atoms in total. The van der Waals surface area contributed by atoms with Crippen molar-refractivity contribution in [3.05, 3.63) is 12.7 Å². The first-order valence-electron chi connectivity index (χ1n) is 8.21. The van der Waals surface area contributed by atoms with Gasteiger partial charge in [0.05, 0.1) is 6.61 Å². The van der Waals surface area contributed by atoms with Crippen LogP contribution in [0.2, 0.25) is 0 Å². The average Bonchev–Trinajstić information content (AvgIpc) is 3.38. The molecule has 1 saturated heterocycles. The molecule has 1 rings (SSSR count). The van der Waals surface area contributed by atoms with Crippen molar-refractivity contribution in [1.82, 2.24) is 0 Å². The summed E-state index contributed by atoms with van der Waals surface area (Å²) in [5.74, 6) is -2.86. The van der Waals surface area contributed by atoms with Gasteiger partial charge in [-0.2, -0.15) is 0 Å². The first-order valence-corrected chi connectivity index (χ1v) is 8.21. The standard InChI is InChI=1S/C17H26O7/c1-4-6-9-17(24-15(20)5-2,12(3)7-8-14(18)19)16(21)23-11-13-10-22-13/h5,12-13H,2,4,6-11H2,1,3H3,(H,18,19). The van der Waals surface area contributed by atoms with Crippen LogP contribution in [0.5, 0.6) is 0 Å². The van der Waals surface area contributed by atoms with Crippen LogP contribution in [0.15, 0.2) is 12.7 Å². The van der Waals surface area contributed by atoms with Gasteiger partial charge in [-0.25, -0.2) is 9.59 Å². The van der Waals surface area contributed by atoms with E-state index >= 15 is 0 Å². The highest BCUT2D eigenvalue weighted by Crippen LogP contribution is 2.34. The fourth-order valence-electron chi connectivity index (χ4n) is 2.43. The van der Waals surface area contributed by atoms with Gasteiger partial charge in [0, 0.05) is 18.4 Å². The summed E-state index contributed by atoms with van der Waals surface area (Å²) in [6.45, 7) is 7.65. The molecule has 7 heteroatoms. The number of rotatable bonds is 12. The normalized spacial score (nSPS) is 19.7. The van der Waals surface area contributed by atoms with E-state index in [-0.39, 0.29) is 32.0 Å². The van der Waals surface area contributed by atoms with Gasteiger partial charge in [-0.05, 0) is 19.3 Å². The van der Waals surface area contributed by atoms with Crippen LogP contribution in [0, 0.1) is 5.92 Å². The van der Waals surface area contributed by atoms with Crippen molar-refractivity contribution in [3.8, 4) is 0 Å². The number of unbranched alkanes of at least 4 members (excludes halogenated alkanes) is 1. The molecule has 0 aromatic heterocycles. The SMILES string of the molecule is C=CC(=O)OC(CCCC)(C(=O)OCC1CO1)C(C)CCC(=O)O. The molecular weight excluding hydrogens is 316 g/mol. The minimum atomic E-state index is -1.51. The summed E-state index contributed by atoms with van der Waals surface area (Å²) < 4.78 is 15.7. The lowest BCUT2D eigenvalue weighted by Gasteiger charge is -2.36. The van der Waals surface area contributed by atoms with Gasteiger partial charge >= 0.3 is 17.9 Å². The second kappa shape index (κ2) is 9.42. The lowest BCUT2D eigenvalue weighted by Crippen LogP contribution is -2.50. The van der Waals surface area contributed by atoms with Crippen LogP contribution in [0.25, 0.3) is 0 Å². The summed E-state index contributed by atoms with van der Waals surface area (Å²) in [6.07, 6.45) is 2.64. The molecule has 1 aliphatic rings. The number of hydrogen-bond acceptors (Lipinski definition) is 6. The first kappa shape index (κ1) is 20.2. The van der Waals surface area contributed by atoms with Crippen molar-refractivity contribution in [3.63, 3.8) is 0 Å². The van der Waals surface area contributed by atoms with Crippen LogP contribution in [0.1, 0.15) is 46.0 Å². The Labute approximate surface area is 142 Å². The predicted molar refractivity (Wildman–Crippen MR) is 85.3 cm³/mol. The molecule has 1 N–H and O–H groups in total. The van der Waals surface area contributed by atoms with Crippen LogP contribution < -0.4 is 0 Å². The summed E-state index contributed by atoms with van der Waals surface area (Å²) in [4.78, 5) is 35.4. The molecule has 0 radical (unpaired) electrons. The Kier molecular flexibility index (Phi) is 7.91. The number of aliphatic carboxylic acids is 1. The number of esters is 2. The van der Waals surface area contributed by atoms with E-state index in [0.29, 0.717) is 13.0 Å². The summed E-state index contributed by atoms with van der Waals surface area (Å²) in [7, 11) is 0. The second-order valence-electron chi connectivity index (χ2n) is 6.01. The van der Waals surface area contributed by atoms with Gasteiger partial charge in [-0.15, -0.1) is 0 Å². The predicted octanol–water partition coefficient (Wildman–Crippen LogP) is 2.09. The average molecular weight is 342 g/mol. The molecule has 1 fully saturated rings. The highest BCUT2D eigenvalue weighted by Gasteiger charge is 2.48. The number of carbonyl (C=O) groups excluding carboxylic acids is 2. The Morgan fingerprint density at radius 2 is 2.12 bits per heavy atom. The van der Waals surface area contributed by atoms with E-state index in [1.165, 1.54) is 0 Å². The largest absolute Gasteiger partial charge is 0.481 e. The maximum atomic E-state index is 12.7. The third kappa shape index (κ3) is 5.96. The molecule has 3 atom stereocenters. The van der Waals surface area contributed by atoms with Crippen LogP contribution >= 0.6 is 0 Å². The molecule has 0 bridgehead atoms. The number of carboxylic acids is 1. The molecule has 0 amide bonds. The molecule has 24 heavy (non-hydrogen) atoms. The van der Waals surface area contributed by atoms with Gasteiger partial charge in [-0.3, -0.25) is 4.79 Å². The van der Waals surface area contributed by atoms with Gasteiger partial charge in [0.2, 0.25) is 5.60 Å². The van der Waals surface area contributed by atoms with Crippen molar-refractivity contribution < 1.29 is 33.7 Å². The number of epoxide rings is 1. The molecule has 0 spiro atoms. The van der Waals surface area contributed by atoms with Crippen molar-refractivity contribution in [1.29, 1.82) is 0 Å². The monoisotopic (exact) mass is 342 g/mol. The lowest BCUT2D eigenvalue weighted by molar-refractivity contribution is -0.189. The third-order valence-electron chi connectivity index (χ3n) is 4.09. The summed E-state index contributed by atoms with van der Waals surface area (Å²) in [6, 6.07) is 0. The van der Waals surface area contributed by atoms with Gasteiger partial charge < -0.3 is 19.3 Å². The van der Waals surface area contributed by atoms with E-state index in [9.17, 15) is 14.4 Å². The summed E-state index contributed by atoms with van der Waals surface area (Å²) in [5, 5.41) is 8.90. The zero-order valence-electron chi connectivity index (χ0n) is 14.3. The minimum absolute atomic E-state index is 0.101. The van der Waals surface area contributed by atoms with E-state index in [1.54, 1.807) is 6.92 Å². The van der Waals surface area contributed by atoms with E-state index in [2.05, 4.69) is 6.58 Å². The Morgan fingerprint density at radius 1 is 1.46 bits per heavy atom. The van der Waals surface area contributed by atoms with Crippen LogP contribution in [0.4, 0.5) is 0 Å². The van der Waals surface area contributed by atoms with Gasteiger partial charge in [0.15, 0.2) is 0 Å². The van der Waals surface area contributed by atoms with E-state index < -0.39 is 29.4 Å². The number of ether oxygens (including phenoxy) is 3. The van der Waals surface area contributed by atoms with Crippen molar-refractivity contribution in [2.75, 3.05) is 13.2 Å². The molecular formula is C17H26O7. The Hall–Kier alpha value is -1.89. The zero-order valence-corrected chi connectivity index (χ0v) is 14.3. The van der Waals surface area contributed by atoms with E-state index in [0.717, 1.165) is 12.5 Å². The molecule has 3 unspecified atom stereocenters. The number of carboxylic acid groups (broad SMARTS) is 1. The topological polar surface area (TPSA) is 102 Å². The van der Waals surface area contributed by atoms with Crippen molar-refractivity contribution >= 4 is 17.9 Å². The lowest BCUT2D eigenvalue weighted by atomic mass is 9.81. The minimum Gasteiger partial charge on any atom is -0.481 e. The van der Waals surface area contributed by atoms with Crippen LogP contribution in [0.3, 0.4) is 0 Å². The van der Waals surface area contributed by atoms with Gasteiger partial charge in [-0.1, -0.05) is 26.8 Å². The maximum absolute atomic E-state index is 12.7. The Balaban J connectivity index is 2.98. The fourth-order valence-corrected chi connectivity index (χ4v) is 2.43. The second-order valence-corrected chi connectivity index (χ2v) is 6.01.